The minimum atomic E-state index is -0.573. The highest BCUT2D eigenvalue weighted by Crippen LogP contribution is 2.23. The zero-order valence-electron chi connectivity index (χ0n) is 19.8. The van der Waals surface area contributed by atoms with E-state index in [1.165, 1.54) is 6.07 Å². The number of ether oxygens (including phenoxy) is 1. The number of nitrogens with one attached hydrogen (secondary N) is 1. The van der Waals surface area contributed by atoms with Gasteiger partial charge >= 0.3 is 6.09 Å². The molecule has 0 aliphatic carbocycles. The van der Waals surface area contributed by atoms with Gasteiger partial charge in [0.2, 0.25) is 0 Å². The van der Waals surface area contributed by atoms with E-state index in [9.17, 15) is 19.5 Å². The second-order valence-corrected chi connectivity index (χ2v) is 10.0. The number of carbonyl (C=O) groups excluding carboxylic acids is 3. The van der Waals surface area contributed by atoms with Gasteiger partial charge in [-0.15, -0.1) is 0 Å². The Bertz CT molecular complexity index is 1060. The van der Waals surface area contributed by atoms with Crippen LogP contribution in [0.25, 0.3) is 0 Å². The van der Waals surface area contributed by atoms with Gasteiger partial charge < -0.3 is 20.1 Å². The summed E-state index contributed by atoms with van der Waals surface area (Å²) in [6, 6.07) is 11.3. The van der Waals surface area contributed by atoms with Crippen LogP contribution >= 0.6 is 11.6 Å². The van der Waals surface area contributed by atoms with Crippen LogP contribution in [0.4, 0.5) is 4.79 Å². The van der Waals surface area contributed by atoms with Crippen LogP contribution in [0.3, 0.4) is 0 Å². The Balaban J connectivity index is 1.58. The number of ketones is 1. The van der Waals surface area contributed by atoms with Gasteiger partial charge in [0.15, 0.2) is 0 Å². The minimum absolute atomic E-state index is 0.0267. The van der Waals surface area contributed by atoms with Crippen LogP contribution in [0.5, 0.6) is 5.75 Å². The summed E-state index contributed by atoms with van der Waals surface area (Å²) >= 11 is 5.96. The van der Waals surface area contributed by atoms with Crippen molar-refractivity contribution in [2.75, 3.05) is 13.1 Å². The zero-order chi connectivity index (χ0) is 24.9. The van der Waals surface area contributed by atoms with Crippen molar-refractivity contribution < 1.29 is 24.2 Å². The fourth-order valence-corrected chi connectivity index (χ4v) is 4.07. The fourth-order valence-electron chi connectivity index (χ4n) is 3.88. The van der Waals surface area contributed by atoms with E-state index < -0.39 is 5.60 Å². The number of carbonyl (C=O) groups is 3. The Morgan fingerprint density at radius 1 is 1.15 bits per heavy atom. The summed E-state index contributed by atoms with van der Waals surface area (Å²) in [5.74, 6) is -0.327. The summed E-state index contributed by atoms with van der Waals surface area (Å²) in [6.45, 7) is 6.46. The number of likely N-dealkylation sites (tertiary alicyclic amines) is 1. The first kappa shape index (κ1) is 25.6. The molecule has 34 heavy (non-hydrogen) atoms. The number of rotatable bonds is 6. The molecular weight excluding hydrogens is 456 g/mol. The Labute approximate surface area is 205 Å². The van der Waals surface area contributed by atoms with Gasteiger partial charge in [0.1, 0.15) is 17.1 Å². The van der Waals surface area contributed by atoms with Crippen molar-refractivity contribution in [1.29, 1.82) is 0 Å². The largest absolute Gasteiger partial charge is 0.508 e. The number of phenolic OH excluding ortho intramolecular Hbond substituents is 1. The molecule has 0 spiro atoms. The van der Waals surface area contributed by atoms with Crippen LogP contribution in [0.1, 0.15) is 55.1 Å². The third-order valence-corrected chi connectivity index (χ3v) is 5.66. The molecule has 8 heteroatoms. The highest BCUT2D eigenvalue weighted by molar-refractivity contribution is 6.30. The standard InChI is InChI=1S/C26H31ClN2O5/c1-26(2,3)34-25(33)29-11-5-8-21(16-29)28-24(32)18-7-4-6-17(12-18)13-22(30)15-19-14-20(27)9-10-23(19)31/h4,6-7,9-10,12,14,21,31H,5,8,11,13,15-16H2,1-3H3,(H,28,32). The lowest BCUT2D eigenvalue weighted by molar-refractivity contribution is -0.117. The maximum atomic E-state index is 12.9. The molecule has 3 rings (SSSR count). The van der Waals surface area contributed by atoms with Crippen LogP contribution < -0.4 is 5.32 Å². The average Bonchev–Trinajstić information content (AvgIpc) is 2.75. The maximum absolute atomic E-state index is 12.9. The number of amides is 2. The van der Waals surface area contributed by atoms with Crippen LogP contribution in [-0.2, 0) is 22.4 Å². The zero-order valence-corrected chi connectivity index (χ0v) is 20.5. The Morgan fingerprint density at radius 2 is 1.91 bits per heavy atom. The highest BCUT2D eigenvalue weighted by Gasteiger charge is 2.28. The lowest BCUT2D eigenvalue weighted by Crippen LogP contribution is -2.50. The van der Waals surface area contributed by atoms with Gasteiger partial charge in [0, 0.05) is 48.1 Å². The summed E-state index contributed by atoms with van der Waals surface area (Å²) in [4.78, 5) is 39.4. The van der Waals surface area contributed by atoms with Gasteiger partial charge in [0.05, 0.1) is 0 Å². The Hall–Kier alpha value is -3.06. The molecule has 0 radical (unpaired) electrons. The molecule has 2 aromatic carbocycles. The van der Waals surface area contributed by atoms with Crippen molar-refractivity contribution in [1.82, 2.24) is 10.2 Å². The van der Waals surface area contributed by atoms with E-state index in [0.717, 1.165) is 12.8 Å². The number of aromatic hydroxyl groups is 1. The Morgan fingerprint density at radius 3 is 2.65 bits per heavy atom. The predicted octanol–water partition coefficient (Wildman–Crippen LogP) is 4.53. The van der Waals surface area contributed by atoms with Crippen molar-refractivity contribution in [3.05, 3.63) is 64.2 Å². The van der Waals surface area contributed by atoms with E-state index in [1.807, 2.05) is 20.8 Å². The van der Waals surface area contributed by atoms with Crippen molar-refractivity contribution >= 4 is 29.4 Å². The molecule has 0 aromatic heterocycles. The van der Waals surface area contributed by atoms with Crippen LogP contribution in [0, 0.1) is 0 Å². The first-order valence-corrected chi connectivity index (χ1v) is 11.7. The molecule has 1 heterocycles. The molecule has 2 amide bonds. The highest BCUT2D eigenvalue weighted by atomic mass is 35.5. The van der Waals surface area contributed by atoms with Gasteiger partial charge in [-0.3, -0.25) is 9.59 Å². The second-order valence-electron chi connectivity index (χ2n) is 9.60. The van der Waals surface area contributed by atoms with Crippen LogP contribution in [0.15, 0.2) is 42.5 Å². The molecule has 1 aliphatic heterocycles. The van der Waals surface area contributed by atoms with E-state index in [4.69, 9.17) is 16.3 Å². The molecule has 0 bridgehead atoms. The molecule has 1 unspecified atom stereocenters. The molecule has 2 N–H and O–H groups in total. The van der Waals surface area contributed by atoms with E-state index in [2.05, 4.69) is 5.32 Å². The number of hydrogen-bond acceptors (Lipinski definition) is 5. The number of benzene rings is 2. The molecular formula is C26H31ClN2O5. The number of nitrogens with zero attached hydrogens (tertiary/aromatic N) is 1. The van der Waals surface area contributed by atoms with E-state index in [0.29, 0.717) is 34.8 Å². The van der Waals surface area contributed by atoms with E-state index in [1.54, 1.807) is 41.3 Å². The second kappa shape index (κ2) is 10.9. The molecule has 7 nitrogen and oxygen atoms in total. The molecule has 0 saturated carbocycles. The van der Waals surface area contributed by atoms with Crippen molar-refractivity contribution in [3.8, 4) is 5.75 Å². The number of Topliss-reactive ketones (excluding diaryl/α,β-unsaturated/α-hetero) is 1. The third kappa shape index (κ3) is 7.48. The summed E-state index contributed by atoms with van der Waals surface area (Å²) in [6.07, 6.45) is 1.34. The molecule has 1 saturated heterocycles. The lowest BCUT2D eigenvalue weighted by Gasteiger charge is -2.34. The number of phenols is 1. The van der Waals surface area contributed by atoms with E-state index in [-0.39, 0.29) is 42.4 Å². The monoisotopic (exact) mass is 486 g/mol. The summed E-state index contributed by atoms with van der Waals surface area (Å²) in [5.41, 5.74) is 1.05. The van der Waals surface area contributed by atoms with Gasteiger partial charge in [-0.1, -0.05) is 23.7 Å². The van der Waals surface area contributed by atoms with Crippen LogP contribution in [0.2, 0.25) is 5.02 Å². The van der Waals surface area contributed by atoms with Gasteiger partial charge in [-0.2, -0.15) is 0 Å². The quantitative estimate of drug-likeness (QED) is 0.625. The first-order valence-electron chi connectivity index (χ1n) is 11.4. The van der Waals surface area contributed by atoms with Gasteiger partial charge in [0.25, 0.3) is 5.91 Å². The number of piperidine rings is 1. The summed E-state index contributed by atoms with van der Waals surface area (Å²) in [7, 11) is 0. The molecule has 2 aromatic rings. The van der Waals surface area contributed by atoms with Gasteiger partial charge in [-0.25, -0.2) is 4.79 Å². The SMILES string of the molecule is CC(C)(C)OC(=O)N1CCCC(NC(=O)c2cccc(CC(=O)Cc3cc(Cl)ccc3O)c2)C1. The number of hydrogen-bond donors (Lipinski definition) is 2. The fraction of sp³-hybridized carbons (Fsp3) is 0.423. The lowest BCUT2D eigenvalue weighted by atomic mass is 10.00. The maximum Gasteiger partial charge on any atom is 0.410 e. The predicted molar refractivity (Wildman–Crippen MR) is 130 cm³/mol. The minimum Gasteiger partial charge on any atom is -0.508 e. The third-order valence-electron chi connectivity index (χ3n) is 5.43. The topological polar surface area (TPSA) is 95.9 Å². The molecule has 1 atom stereocenters. The molecule has 182 valence electrons. The van der Waals surface area contributed by atoms with Gasteiger partial charge in [-0.05, 0) is 69.5 Å². The first-order chi connectivity index (χ1) is 16.0. The van der Waals surface area contributed by atoms with Crippen molar-refractivity contribution in [2.45, 2.75) is 58.1 Å². The normalized spacial score (nSPS) is 16.1. The molecule has 1 aliphatic rings. The summed E-state index contributed by atoms with van der Waals surface area (Å²) in [5, 5.41) is 13.4. The van der Waals surface area contributed by atoms with E-state index >= 15 is 0 Å². The summed E-state index contributed by atoms with van der Waals surface area (Å²) < 4.78 is 5.44. The van der Waals surface area contributed by atoms with Crippen molar-refractivity contribution in [3.63, 3.8) is 0 Å². The average molecular weight is 487 g/mol. The smallest absolute Gasteiger partial charge is 0.410 e. The molecule has 1 fully saturated rings. The Kier molecular flexibility index (Phi) is 8.20. The van der Waals surface area contributed by atoms with Crippen LogP contribution in [-0.4, -0.2) is 52.5 Å². The van der Waals surface area contributed by atoms with Crippen molar-refractivity contribution in [2.24, 2.45) is 0 Å². The number of halogens is 1.